The minimum atomic E-state index is -3.65. The first-order chi connectivity index (χ1) is 12.9. The number of anilines is 2. The van der Waals surface area contributed by atoms with Crippen LogP contribution in [0.4, 0.5) is 10.8 Å². The Morgan fingerprint density at radius 2 is 1.78 bits per heavy atom. The van der Waals surface area contributed by atoms with Gasteiger partial charge in [0.25, 0.3) is 10.0 Å². The zero-order valence-corrected chi connectivity index (χ0v) is 16.0. The Morgan fingerprint density at radius 3 is 2.44 bits per heavy atom. The van der Waals surface area contributed by atoms with E-state index in [1.807, 2.05) is 42.5 Å². The summed E-state index contributed by atoms with van der Waals surface area (Å²) in [6, 6.07) is 16.3. The average molecular weight is 399 g/mol. The molecule has 2 aromatic carbocycles. The molecule has 1 heterocycles. The number of carbonyl (C=O) groups is 1. The minimum absolute atomic E-state index is 0.142. The van der Waals surface area contributed by atoms with Crippen LogP contribution in [0.1, 0.15) is 12.5 Å². The smallest absolute Gasteiger partial charge is 0.256 e. The number of thiazole rings is 1. The van der Waals surface area contributed by atoms with Crippen LogP contribution in [0.25, 0.3) is 17.3 Å². The van der Waals surface area contributed by atoms with Gasteiger partial charge in [0.05, 0.1) is 11.1 Å². The second-order valence-corrected chi connectivity index (χ2v) is 8.08. The zero-order chi connectivity index (χ0) is 19.3. The van der Waals surface area contributed by atoms with Gasteiger partial charge in [-0.05, 0) is 23.8 Å². The molecule has 1 aromatic heterocycles. The molecule has 0 radical (unpaired) electrons. The molecule has 0 saturated carbocycles. The Balaban J connectivity index is 1.70. The van der Waals surface area contributed by atoms with Crippen LogP contribution in [0.2, 0.25) is 0 Å². The molecule has 0 unspecified atom stereocenters. The predicted octanol–water partition coefficient (Wildman–Crippen LogP) is 4.18. The molecule has 0 fully saturated rings. The number of benzene rings is 2. The third-order valence-corrected chi connectivity index (χ3v) is 5.33. The Hall–Kier alpha value is -2.97. The van der Waals surface area contributed by atoms with Gasteiger partial charge in [0.15, 0.2) is 5.13 Å². The number of hydrogen-bond acceptors (Lipinski definition) is 5. The van der Waals surface area contributed by atoms with Gasteiger partial charge in [0.2, 0.25) is 5.91 Å². The molecule has 3 rings (SSSR count). The Kier molecular flexibility index (Phi) is 5.68. The number of nitrogens with one attached hydrogen (secondary N) is 2. The molecule has 0 spiro atoms. The first kappa shape index (κ1) is 18.8. The standard InChI is InChI=1S/C19H17N3O3S2/c1-14(23)20-17-9-7-16(8-10-17)18-13-26-19(21-18)22-27(24,25)12-11-15-5-3-2-4-6-15/h2-13H,1H3,(H,20,23)(H,21,22)/b12-11+. The van der Waals surface area contributed by atoms with E-state index in [0.29, 0.717) is 11.4 Å². The summed E-state index contributed by atoms with van der Waals surface area (Å²) < 4.78 is 26.8. The third-order valence-electron chi connectivity index (χ3n) is 3.47. The number of nitrogens with zero attached hydrogens (tertiary/aromatic N) is 1. The normalized spacial score (nSPS) is 11.4. The highest BCUT2D eigenvalue weighted by Crippen LogP contribution is 2.26. The van der Waals surface area contributed by atoms with Gasteiger partial charge < -0.3 is 5.32 Å². The molecule has 138 valence electrons. The molecule has 0 aliphatic heterocycles. The molecule has 0 bridgehead atoms. The zero-order valence-electron chi connectivity index (χ0n) is 14.4. The molecule has 2 N–H and O–H groups in total. The quantitative estimate of drug-likeness (QED) is 0.651. The number of amides is 1. The van der Waals surface area contributed by atoms with E-state index in [0.717, 1.165) is 16.5 Å². The van der Waals surface area contributed by atoms with Crippen molar-refractivity contribution in [2.75, 3.05) is 10.0 Å². The molecular weight excluding hydrogens is 382 g/mol. The van der Waals surface area contributed by atoms with Gasteiger partial charge in [-0.2, -0.15) is 0 Å². The Bertz CT molecular complexity index is 1060. The fourth-order valence-electron chi connectivity index (χ4n) is 2.27. The largest absolute Gasteiger partial charge is 0.326 e. The van der Waals surface area contributed by atoms with E-state index >= 15 is 0 Å². The van der Waals surface area contributed by atoms with Crippen molar-refractivity contribution < 1.29 is 13.2 Å². The van der Waals surface area contributed by atoms with Crippen LogP contribution >= 0.6 is 11.3 Å². The summed E-state index contributed by atoms with van der Waals surface area (Å²) in [5, 5.41) is 5.86. The number of aromatic nitrogens is 1. The van der Waals surface area contributed by atoms with Gasteiger partial charge in [-0.1, -0.05) is 42.5 Å². The van der Waals surface area contributed by atoms with Crippen LogP contribution < -0.4 is 10.0 Å². The second-order valence-electron chi connectivity index (χ2n) is 5.66. The van der Waals surface area contributed by atoms with Crippen LogP contribution in [0.15, 0.2) is 65.4 Å². The highest BCUT2D eigenvalue weighted by atomic mass is 32.2. The van der Waals surface area contributed by atoms with Crippen LogP contribution in [0.3, 0.4) is 0 Å². The van der Waals surface area contributed by atoms with Crippen molar-refractivity contribution in [3.63, 3.8) is 0 Å². The molecule has 8 heteroatoms. The van der Waals surface area contributed by atoms with E-state index in [1.165, 1.54) is 24.3 Å². The maximum absolute atomic E-state index is 12.2. The van der Waals surface area contributed by atoms with Gasteiger partial charge >= 0.3 is 0 Å². The molecule has 3 aromatic rings. The van der Waals surface area contributed by atoms with E-state index in [2.05, 4.69) is 15.0 Å². The van der Waals surface area contributed by atoms with E-state index in [1.54, 1.807) is 17.5 Å². The predicted molar refractivity (Wildman–Crippen MR) is 110 cm³/mol. The second kappa shape index (κ2) is 8.15. The third kappa shape index (κ3) is 5.50. The lowest BCUT2D eigenvalue weighted by Gasteiger charge is -2.03. The molecule has 6 nitrogen and oxygen atoms in total. The SMILES string of the molecule is CC(=O)Nc1ccc(-c2csc(NS(=O)(=O)/C=C/c3ccccc3)n2)cc1. The number of hydrogen-bond donors (Lipinski definition) is 2. The van der Waals surface area contributed by atoms with Crippen molar-refractivity contribution in [1.82, 2.24) is 4.98 Å². The maximum atomic E-state index is 12.2. The number of carbonyl (C=O) groups excluding carboxylic acids is 1. The van der Waals surface area contributed by atoms with Gasteiger partial charge in [-0.25, -0.2) is 13.4 Å². The van der Waals surface area contributed by atoms with Crippen molar-refractivity contribution in [1.29, 1.82) is 0 Å². The summed E-state index contributed by atoms with van der Waals surface area (Å²) in [5.74, 6) is -0.142. The molecule has 0 atom stereocenters. The van der Waals surface area contributed by atoms with E-state index in [9.17, 15) is 13.2 Å². The number of rotatable bonds is 6. The molecular formula is C19H17N3O3S2. The van der Waals surface area contributed by atoms with Crippen molar-refractivity contribution in [2.24, 2.45) is 0 Å². The Morgan fingerprint density at radius 1 is 1.07 bits per heavy atom. The van der Waals surface area contributed by atoms with Crippen LogP contribution in [-0.4, -0.2) is 19.3 Å². The van der Waals surface area contributed by atoms with Crippen molar-refractivity contribution in [2.45, 2.75) is 6.92 Å². The highest BCUT2D eigenvalue weighted by Gasteiger charge is 2.10. The summed E-state index contributed by atoms with van der Waals surface area (Å²) in [7, 11) is -3.65. The van der Waals surface area contributed by atoms with Crippen LogP contribution in [0, 0.1) is 0 Å². The summed E-state index contributed by atoms with van der Waals surface area (Å²) in [6.45, 7) is 1.44. The maximum Gasteiger partial charge on any atom is 0.256 e. The average Bonchev–Trinajstić information content (AvgIpc) is 3.09. The lowest BCUT2D eigenvalue weighted by atomic mass is 10.1. The topological polar surface area (TPSA) is 88.2 Å². The molecule has 0 aliphatic carbocycles. The minimum Gasteiger partial charge on any atom is -0.326 e. The van der Waals surface area contributed by atoms with E-state index in [-0.39, 0.29) is 11.0 Å². The number of sulfonamides is 1. The summed E-state index contributed by atoms with van der Waals surface area (Å²) in [5.41, 5.74) is 2.96. The first-order valence-corrected chi connectivity index (χ1v) is 10.4. The van der Waals surface area contributed by atoms with E-state index < -0.39 is 10.0 Å². The van der Waals surface area contributed by atoms with Crippen molar-refractivity contribution in [3.8, 4) is 11.3 Å². The van der Waals surface area contributed by atoms with Crippen molar-refractivity contribution in [3.05, 3.63) is 70.9 Å². The summed E-state index contributed by atoms with van der Waals surface area (Å²) in [4.78, 5) is 15.4. The lowest BCUT2D eigenvalue weighted by Crippen LogP contribution is -2.08. The first-order valence-electron chi connectivity index (χ1n) is 8.01. The summed E-state index contributed by atoms with van der Waals surface area (Å²) >= 11 is 1.20. The Labute approximate surface area is 161 Å². The summed E-state index contributed by atoms with van der Waals surface area (Å²) in [6.07, 6.45) is 1.53. The highest BCUT2D eigenvalue weighted by molar-refractivity contribution is 7.95. The monoisotopic (exact) mass is 399 g/mol. The van der Waals surface area contributed by atoms with Crippen LogP contribution in [-0.2, 0) is 14.8 Å². The molecule has 1 amide bonds. The molecule has 27 heavy (non-hydrogen) atoms. The van der Waals surface area contributed by atoms with Gasteiger partial charge in [0, 0.05) is 23.6 Å². The van der Waals surface area contributed by atoms with E-state index in [4.69, 9.17) is 0 Å². The van der Waals surface area contributed by atoms with Crippen LogP contribution in [0.5, 0.6) is 0 Å². The lowest BCUT2D eigenvalue weighted by molar-refractivity contribution is -0.114. The van der Waals surface area contributed by atoms with Gasteiger partial charge in [0.1, 0.15) is 0 Å². The molecule has 0 aliphatic rings. The fourth-order valence-corrected chi connectivity index (χ4v) is 4.07. The van der Waals surface area contributed by atoms with Gasteiger partial charge in [-0.15, -0.1) is 11.3 Å². The fraction of sp³-hybridized carbons (Fsp3) is 0.0526. The molecule has 0 saturated heterocycles. The van der Waals surface area contributed by atoms with Gasteiger partial charge in [-0.3, -0.25) is 9.52 Å². The van der Waals surface area contributed by atoms with Crippen molar-refractivity contribution >= 4 is 44.2 Å².